The number of aliphatic carboxylic acids is 1. The van der Waals surface area contributed by atoms with Gasteiger partial charge in [0.25, 0.3) is 0 Å². The molecular weight excluding hydrogens is 320 g/mol. The second kappa shape index (κ2) is 6.34. The maximum Gasteiger partial charge on any atom is 0.326 e. The average Bonchev–Trinajstić information content (AvgIpc) is 3.31. The summed E-state index contributed by atoms with van der Waals surface area (Å²) in [6.07, 6.45) is 5.08. The molecular formula is C17H22N6O2. The van der Waals surface area contributed by atoms with E-state index in [0.717, 1.165) is 49.4 Å². The highest BCUT2D eigenvalue weighted by molar-refractivity contribution is 5.79. The zero-order valence-corrected chi connectivity index (χ0v) is 14.3. The van der Waals surface area contributed by atoms with Crippen LogP contribution in [0.5, 0.6) is 0 Å². The molecule has 8 heteroatoms. The minimum absolute atomic E-state index is 0.374. The Labute approximate surface area is 145 Å². The lowest BCUT2D eigenvalue weighted by atomic mass is 10.0. The lowest BCUT2D eigenvalue weighted by Gasteiger charge is -2.33. The van der Waals surface area contributed by atoms with E-state index >= 15 is 0 Å². The number of rotatable bonds is 4. The largest absolute Gasteiger partial charge is 0.480 e. The number of nitrogens with zero attached hydrogens (tertiary/aromatic N) is 5. The Kier molecular flexibility index (Phi) is 4.03. The van der Waals surface area contributed by atoms with Crippen LogP contribution in [0.3, 0.4) is 0 Å². The molecule has 0 saturated carbocycles. The summed E-state index contributed by atoms with van der Waals surface area (Å²) < 4.78 is 0. The van der Waals surface area contributed by atoms with Gasteiger partial charge in [-0.2, -0.15) is 4.98 Å². The molecule has 4 heterocycles. The Morgan fingerprint density at radius 3 is 2.88 bits per heavy atom. The Morgan fingerprint density at radius 1 is 1.36 bits per heavy atom. The number of carboxylic acid groups (broad SMARTS) is 1. The maximum absolute atomic E-state index is 11.8. The molecule has 1 atom stereocenters. The average molecular weight is 342 g/mol. The smallest absolute Gasteiger partial charge is 0.326 e. The summed E-state index contributed by atoms with van der Waals surface area (Å²) in [6.45, 7) is 4.43. The van der Waals surface area contributed by atoms with E-state index in [1.165, 1.54) is 0 Å². The van der Waals surface area contributed by atoms with E-state index in [1.807, 2.05) is 11.0 Å². The van der Waals surface area contributed by atoms with Gasteiger partial charge in [0, 0.05) is 31.3 Å². The summed E-state index contributed by atoms with van der Waals surface area (Å²) in [5.41, 5.74) is 2.72. The summed E-state index contributed by atoms with van der Waals surface area (Å²) in [6, 6.07) is 1.25. The van der Waals surface area contributed by atoms with Gasteiger partial charge in [-0.1, -0.05) is 6.92 Å². The van der Waals surface area contributed by atoms with Crippen LogP contribution in [0.15, 0.2) is 12.4 Å². The second-order valence-electron chi connectivity index (χ2n) is 6.58. The SMILES string of the molecule is CCc1cc(N2Cc3[nH]cnc3CC2C(=O)O)nc(N2CCCC2)n1. The molecule has 2 N–H and O–H groups in total. The van der Waals surface area contributed by atoms with Gasteiger partial charge in [-0.05, 0) is 19.3 Å². The number of aryl methyl sites for hydroxylation is 1. The topological polar surface area (TPSA) is 98.2 Å². The summed E-state index contributed by atoms with van der Waals surface area (Å²) >= 11 is 0. The number of aromatic nitrogens is 4. The maximum atomic E-state index is 11.8. The number of aromatic amines is 1. The molecule has 0 aromatic carbocycles. The van der Waals surface area contributed by atoms with Gasteiger partial charge in [0.15, 0.2) is 0 Å². The van der Waals surface area contributed by atoms with Crippen molar-refractivity contribution in [3.05, 3.63) is 29.5 Å². The molecule has 0 bridgehead atoms. The molecule has 2 aromatic heterocycles. The van der Waals surface area contributed by atoms with E-state index in [0.29, 0.717) is 24.7 Å². The van der Waals surface area contributed by atoms with Gasteiger partial charge in [0.1, 0.15) is 11.9 Å². The third-order valence-corrected chi connectivity index (χ3v) is 4.98. The number of imidazole rings is 1. The number of hydrogen-bond donors (Lipinski definition) is 2. The van der Waals surface area contributed by atoms with Crippen LogP contribution in [0.25, 0.3) is 0 Å². The van der Waals surface area contributed by atoms with E-state index in [1.54, 1.807) is 6.33 Å². The summed E-state index contributed by atoms with van der Waals surface area (Å²) in [7, 11) is 0. The van der Waals surface area contributed by atoms with Gasteiger partial charge in [0.05, 0.1) is 24.3 Å². The highest BCUT2D eigenvalue weighted by atomic mass is 16.4. The van der Waals surface area contributed by atoms with Gasteiger partial charge in [0.2, 0.25) is 5.95 Å². The molecule has 4 rings (SSSR count). The van der Waals surface area contributed by atoms with Crippen LogP contribution in [0.1, 0.15) is 36.8 Å². The van der Waals surface area contributed by atoms with E-state index in [-0.39, 0.29) is 0 Å². The predicted molar refractivity (Wildman–Crippen MR) is 92.8 cm³/mol. The number of nitrogens with one attached hydrogen (secondary N) is 1. The van der Waals surface area contributed by atoms with Crippen molar-refractivity contribution in [3.8, 4) is 0 Å². The number of hydrogen-bond acceptors (Lipinski definition) is 6. The van der Waals surface area contributed by atoms with Crippen molar-refractivity contribution in [1.29, 1.82) is 0 Å². The van der Waals surface area contributed by atoms with Crippen LogP contribution in [-0.4, -0.2) is 50.1 Å². The molecule has 0 spiro atoms. The van der Waals surface area contributed by atoms with Crippen LogP contribution < -0.4 is 9.80 Å². The van der Waals surface area contributed by atoms with Crippen LogP contribution in [0, 0.1) is 0 Å². The predicted octanol–water partition coefficient (Wildman–Crippen LogP) is 1.38. The standard InChI is InChI=1S/C17H22N6O2/c1-2-11-7-15(21-17(20-11)22-5-3-4-6-22)23-9-13-12(18-10-19-13)8-14(23)16(24)25/h7,10,14H,2-6,8-9H2,1H3,(H,18,19)(H,24,25). The minimum Gasteiger partial charge on any atom is -0.480 e. The lowest BCUT2D eigenvalue weighted by Crippen LogP contribution is -2.46. The first-order chi connectivity index (χ1) is 12.2. The molecule has 2 aliphatic heterocycles. The van der Waals surface area contributed by atoms with Crippen molar-refractivity contribution >= 4 is 17.7 Å². The van der Waals surface area contributed by atoms with Gasteiger partial charge in [-0.3, -0.25) is 0 Å². The monoisotopic (exact) mass is 342 g/mol. The lowest BCUT2D eigenvalue weighted by molar-refractivity contribution is -0.138. The number of carboxylic acids is 1. The number of carbonyl (C=O) groups is 1. The zero-order valence-electron chi connectivity index (χ0n) is 14.3. The van der Waals surface area contributed by atoms with Crippen molar-refractivity contribution in [2.24, 2.45) is 0 Å². The third kappa shape index (κ3) is 2.92. The van der Waals surface area contributed by atoms with E-state index < -0.39 is 12.0 Å². The molecule has 25 heavy (non-hydrogen) atoms. The van der Waals surface area contributed by atoms with Crippen molar-refractivity contribution < 1.29 is 9.90 Å². The molecule has 0 radical (unpaired) electrons. The summed E-state index contributed by atoms with van der Waals surface area (Å²) in [5.74, 6) is 0.542. The minimum atomic E-state index is -0.854. The van der Waals surface area contributed by atoms with Gasteiger partial charge in [-0.25, -0.2) is 14.8 Å². The quantitative estimate of drug-likeness (QED) is 0.866. The molecule has 8 nitrogen and oxygen atoms in total. The summed E-state index contributed by atoms with van der Waals surface area (Å²) in [5, 5.41) is 9.71. The van der Waals surface area contributed by atoms with Crippen molar-refractivity contribution in [3.63, 3.8) is 0 Å². The van der Waals surface area contributed by atoms with Gasteiger partial charge >= 0.3 is 5.97 Å². The molecule has 1 unspecified atom stereocenters. The van der Waals surface area contributed by atoms with Crippen molar-refractivity contribution in [2.75, 3.05) is 22.9 Å². The van der Waals surface area contributed by atoms with Crippen LogP contribution >= 0.6 is 0 Å². The third-order valence-electron chi connectivity index (χ3n) is 4.98. The Hall–Kier alpha value is -2.64. The van der Waals surface area contributed by atoms with E-state index in [9.17, 15) is 9.90 Å². The summed E-state index contributed by atoms with van der Waals surface area (Å²) in [4.78, 5) is 32.6. The van der Waals surface area contributed by atoms with Crippen LogP contribution in [-0.2, 0) is 24.2 Å². The van der Waals surface area contributed by atoms with E-state index in [2.05, 4.69) is 26.8 Å². The number of H-pyrrole nitrogens is 1. The van der Waals surface area contributed by atoms with Crippen LogP contribution in [0.4, 0.5) is 11.8 Å². The fourth-order valence-corrected chi connectivity index (χ4v) is 3.55. The Morgan fingerprint density at radius 2 is 2.16 bits per heavy atom. The number of fused-ring (bicyclic) bond motifs is 1. The molecule has 132 valence electrons. The molecule has 0 aliphatic carbocycles. The van der Waals surface area contributed by atoms with Gasteiger partial charge < -0.3 is 19.9 Å². The normalized spacial score (nSPS) is 20.0. The molecule has 2 aliphatic rings. The fraction of sp³-hybridized carbons (Fsp3) is 0.529. The molecule has 0 amide bonds. The van der Waals surface area contributed by atoms with Crippen molar-refractivity contribution in [1.82, 2.24) is 19.9 Å². The van der Waals surface area contributed by atoms with Crippen LogP contribution in [0.2, 0.25) is 0 Å². The number of anilines is 2. The molecule has 1 fully saturated rings. The first kappa shape index (κ1) is 15.9. The Balaban J connectivity index is 1.73. The van der Waals surface area contributed by atoms with Crippen molar-refractivity contribution in [2.45, 2.75) is 45.2 Å². The second-order valence-corrected chi connectivity index (χ2v) is 6.58. The first-order valence-corrected chi connectivity index (χ1v) is 8.79. The van der Waals surface area contributed by atoms with E-state index in [4.69, 9.17) is 4.98 Å². The Bertz CT molecular complexity index is 783. The highest BCUT2D eigenvalue weighted by Gasteiger charge is 2.34. The fourth-order valence-electron chi connectivity index (χ4n) is 3.55. The first-order valence-electron chi connectivity index (χ1n) is 8.79. The molecule has 1 saturated heterocycles. The molecule has 2 aromatic rings. The zero-order chi connectivity index (χ0) is 17.4. The van der Waals surface area contributed by atoms with Gasteiger partial charge in [-0.15, -0.1) is 0 Å². The highest BCUT2D eigenvalue weighted by Crippen LogP contribution is 2.28.